The molecule has 2 rings (SSSR count). The first kappa shape index (κ1) is 18.5. The second-order valence-electron chi connectivity index (χ2n) is 5.62. The number of nitrogens with zero attached hydrogens (tertiary/aromatic N) is 1. The van der Waals surface area contributed by atoms with Crippen molar-refractivity contribution in [2.45, 2.75) is 43.5 Å². The molecule has 1 N–H and O–H groups in total. The molecule has 1 saturated carbocycles. The van der Waals surface area contributed by atoms with Crippen LogP contribution in [-0.4, -0.2) is 38.4 Å². The first-order chi connectivity index (χ1) is 10.8. The molecule has 23 heavy (non-hydrogen) atoms. The van der Waals surface area contributed by atoms with Gasteiger partial charge in [-0.1, -0.05) is 36.0 Å². The Balaban J connectivity index is 1.98. The highest BCUT2D eigenvalue weighted by molar-refractivity contribution is 7.89. The van der Waals surface area contributed by atoms with Crippen molar-refractivity contribution < 1.29 is 13.2 Å². The highest BCUT2D eigenvalue weighted by Gasteiger charge is 2.24. The number of rotatable bonds is 6. The molecule has 0 heterocycles. The molecule has 1 aromatic carbocycles. The Bertz CT molecular complexity index is 673. The molecule has 8 heteroatoms. The van der Waals surface area contributed by atoms with Gasteiger partial charge in [-0.25, -0.2) is 13.1 Å². The maximum absolute atomic E-state index is 12.3. The van der Waals surface area contributed by atoms with Gasteiger partial charge in [-0.3, -0.25) is 4.79 Å². The summed E-state index contributed by atoms with van der Waals surface area (Å²) in [5.74, 6) is -0.0226. The molecule has 0 bridgehead atoms. The van der Waals surface area contributed by atoms with E-state index in [2.05, 4.69) is 4.72 Å². The minimum atomic E-state index is -3.68. The fourth-order valence-corrected chi connectivity index (χ4v) is 4.25. The Labute approximate surface area is 147 Å². The quantitative estimate of drug-likeness (QED) is 0.826. The number of halogens is 2. The Morgan fingerprint density at radius 2 is 1.91 bits per heavy atom. The minimum absolute atomic E-state index is 0.0226. The summed E-state index contributed by atoms with van der Waals surface area (Å²) in [7, 11) is -3.68. The van der Waals surface area contributed by atoms with Crippen molar-refractivity contribution in [3.05, 3.63) is 28.2 Å². The largest absolute Gasteiger partial charge is 0.339 e. The molecule has 0 aromatic heterocycles. The molecule has 0 unspecified atom stereocenters. The summed E-state index contributed by atoms with van der Waals surface area (Å²) < 4.78 is 27.0. The zero-order valence-corrected chi connectivity index (χ0v) is 15.2. The van der Waals surface area contributed by atoms with Gasteiger partial charge in [-0.2, -0.15) is 0 Å². The Morgan fingerprint density at radius 3 is 2.48 bits per heavy atom. The molecule has 1 aliphatic rings. The van der Waals surface area contributed by atoms with Gasteiger partial charge < -0.3 is 4.90 Å². The van der Waals surface area contributed by atoms with Crippen molar-refractivity contribution in [1.29, 1.82) is 0 Å². The van der Waals surface area contributed by atoms with Gasteiger partial charge >= 0.3 is 0 Å². The molecule has 0 atom stereocenters. The third-order valence-electron chi connectivity index (χ3n) is 4.02. The van der Waals surface area contributed by atoms with E-state index in [1.807, 2.05) is 0 Å². The highest BCUT2D eigenvalue weighted by Crippen LogP contribution is 2.25. The summed E-state index contributed by atoms with van der Waals surface area (Å²) in [6, 6.07) is 4.38. The topological polar surface area (TPSA) is 66.5 Å². The highest BCUT2D eigenvalue weighted by atomic mass is 35.5. The molecule has 0 saturated heterocycles. The fraction of sp³-hybridized carbons (Fsp3) is 0.533. The summed E-state index contributed by atoms with van der Waals surface area (Å²) in [6.07, 6.45) is 4.20. The van der Waals surface area contributed by atoms with Crippen LogP contribution in [-0.2, 0) is 14.8 Å². The van der Waals surface area contributed by atoms with Crippen LogP contribution in [0.25, 0.3) is 0 Å². The van der Waals surface area contributed by atoms with E-state index in [1.54, 1.807) is 4.90 Å². The van der Waals surface area contributed by atoms with E-state index < -0.39 is 10.0 Å². The van der Waals surface area contributed by atoms with Crippen molar-refractivity contribution in [2.24, 2.45) is 0 Å². The van der Waals surface area contributed by atoms with Crippen LogP contribution >= 0.6 is 23.2 Å². The van der Waals surface area contributed by atoms with Crippen molar-refractivity contribution >= 4 is 39.1 Å². The minimum Gasteiger partial charge on any atom is -0.339 e. The lowest BCUT2D eigenvalue weighted by Crippen LogP contribution is -2.42. The molecule has 1 aromatic rings. The number of nitrogens with one attached hydrogen (secondary N) is 1. The third-order valence-corrected chi connectivity index (χ3v) is 6.21. The van der Waals surface area contributed by atoms with Crippen molar-refractivity contribution in [1.82, 2.24) is 9.62 Å². The lowest BCUT2D eigenvalue weighted by molar-refractivity contribution is -0.130. The Hall–Kier alpha value is -0.820. The maximum atomic E-state index is 12.3. The zero-order chi connectivity index (χ0) is 17.0. The Morgan fingerprint density at radius 1 is 1.26 bits per heavy atom. The lowest BCUT2D eigenvalue weighted by Gasteiger charge is -2.27. The standard InChI is InChI=1S/C15H20Cl2N2O3S/c1-11(20)19(12-4-2-3-5-12)9-8-18-23(21,22)13-6-7-14(16)15(17)10-13/h6-7,10,12,18H,2-5,8-9H2,1H3. The van der Waals surface area contributed by atoms with E-state index in [9.17, 15) is 13.2 Å². The summed E-state index contributed by atoms with van der Waals surface area (Å²) in [5.41, 5.74) is 0. The van der Waals surface area contributed by atoms with Crippen LogP contribution in [0.3, 0.4) is 0 Å². The summed E-state index contributed by atoms with van der Waals surface area (Å²) >= 11 is 11.6. The molecule has 1 amide bonds. The molecule has 0 radical (unpaired) electrons. The van der Waals surface area contributed by atoms with E-state index in [1.165, 1.54) is 25.1 Å². The van der Waals surface area contributed by atoms with E-state index in [4.69, 9.17) is 23.2 Å². The van der Waals surface area contributed by atoms with Crippen molar-refractivity contribution in [3.63, 3.8) is 0 Å². The van der Waals surface area contributed by atoms with E-state index in [-0.39, 0.29) is 28.4 Å². The summed E-state index contributed by atoms with van der Waals surface area (Å²) in [4.78, 5) is 13.6. The van der Waals surface area contributed by atoms with Gasteiger partial charge in [0.25, 0.3) is 0 Å². The molecule has 0 aliphatic heterocycles. The van der Waals surface area contributed by atoms with Gasteiger partial charge in [0.15, 0.2) is 0 Å². The SMILES string of the molecule is CC(=O)N(CCNS(=O)(=O)c1ccc(Cl)c(Cl)c1)C1CCCC1. The first-order valence-electron chi connectivity index (χ1n) is 7.53. The number of carbonyl (C=O) groups excluding carboxylic acids is 1. The van der Waals surface area contributed by atoms with Crippen LogP contribution in [0.2, 0.25) is 10.0 Å². The normalized spacial score (nSPS) is 15.8. The van der Waals surface area contributed by atoms with E-state index in [0.29, 0.717) is 11.6 Å². The van der Waals surface area contributed by atoms with Gasteiger partial charge in [0, 0.05) is 26.1 Å². The molecular weight excluding hydrogens is 359 g/mol. The van der Waals surface area contributed by atoms with Gasteiger partial charge in [-0.15, -0.1) is 0 Å². The van der Waals surface area contributed by atoms with Crippen LogP contribution in [0.4, 0.5) is 0 Å². The molecule has 128 valence electrons. The molecular formula is C15H20Cl2N2O3S. The summed E-state index contributed by atoms with van der Waals surface area (Å²) in [5, 5.41) is 0.487. The average Bonchev–Trinajstić information content (AvgIpc) is 2.99. The van der Waals surface area contributed by atoms with Gasteiger partial charge in [0.1, 0.15) is 0 Å². The number of hydrogen-bond acceptors (Lipinski definition) is 3. The second-order valence-corrected chi connectivity index (χ2v) is 8.21. The van der Waals surface area contributed by atoms with Crippen LogP contribution in [0.15, 0.2) is 23.1 Å². The number of benzene rings is 1. The van der Waals surface area contributed by atoms with Crippen molar-refractivity contribution in [2.75, 3.05) is 13.1 Å². The second kappa shape index (κ2) is 7.83. The van der Waals surface area contributed by atoms with Crippen LogP contribution in [0.5, 0.6) is 0 Å². The molecule has 1 aliphatic carbocycles. The van der Waals surface area contributed by atoms with Crippen LogP contribution in [0.1, 0.15) is 32.6 Å². The predicted octanol–water partition coefficient (Wildman–Crippen LogP) is 3.06. The number of amides is 1. The predicted molar refractivity (Wildman–Crippen MR) is 91.3 cm³/mol. The van der Waals surface area contributed by atoms with Gasteiger partial charge in [0.05, 0.1) is 14.9 Å². The molecule has 0 spiro atoms. The Kier molecular flexibility index (Phi) is 6.31. The van der Waals surface area contributed by atoms with Crippen LogP contribution < -0.4 is 4.72 Å². The summed E-state index contributed by atoms with van der Waals surface area (Å²) in [6.45, 7) is 2.05. The monoisotopic (exact) mass is 378 g/mol. The van der Waals surface area contributed by atoms with E-state index in [0.717, 1.165) is 25.7 Å². The average molecular weight is 379 g/mol. The van der Waals surface area contributed by atoms with Gasteiger partial charge in [-0.05, 0) is 31.0 Å². The molecule has 1 fully saturated rings. The van der Waals surface area contributed by atoms with E-state index >= 15 is 0 Å². The van der Waals surface area contributed by atoms with Crippen molar-refractivity contribution in [3.8, 4) is 0 Å². The number of hydrogen-bond donors (Lipinski definition) is 1. The number of carbonyl (C=O) groups is 1. The maximum Gasteiger partial charge on any atom is 0.240 e. The van der Waals surface area contributed by atoms with Crippen LogP contribution in [0, 0.1) is 0 Å². The fourth-order valence-electron chi connectivity index (χ4n) is 2.84. The smallest absolute Gasteiger partial charge is 0.240 e. The first-order valence-corrected chi connectivity index (χ1v) is 9.77. The van der Waals surface area contributed by atoms with Gasteiger partial charge in [0.2, 0.25) is 15.9 Å². The number of sulfonamides is 1. The third kappa shape index (κ3) is 4.83. The zero-order valence-electron chi connectivity index (χ0n) is 12.9. The molecule has 5 nitrogen and oxygen atoms in total. The lowest BCUT2D eigenvalue weighted by atomic mass is 10.2.